The van der Waals surface area contributed by atoms with Crippen LogP contribution >= 0.6 is 35.3 Å². The zero-order valence-electron chi connectivity index (χ0n) is 17.4. The van der Waals surface area contributed by atoms with Gasteiger partial charge in [-0.2, -0.15) is 0 Å². The number of thiazole rings is 1. The van der Waals surface area contributed by atoms with Gasteiger partial charge in [-0.3, -0.25) is 4.99 Å². The monoisotopic (exact) mass is 532 g/mol. The fraction of sp³-hybridized carbons (Fsp3) is 0.450. The Morgan fingerprint density at radius 2 is 1.97 bits per heavy atom. The summed E-state index contributed by atoms with van der Waals surface area (Å²) in [6.07, 6.45) is -0.0335. The van der Waals surface area contributed by atoms with Crippen LogP contribution in [0.2, 0.25) is 0 Å². The third-order valence-corrected chi connectivity index (χ3v) is 5.18. The number of carbonyl (C=O) groups is 1. The Labute approximate surface area is 193 Å². The maximum absolute atomic E-state index is 12.0. The quantitative estimate of drug-likeness (QED) is 0.232. The molecule has 0 amide bonds. The van der Waals surface area contributed by atoms with Crippen molar-refractivity contribution >= 4 is 47.2 Å². The fourth-order valence-corrected chi connectivity index (χ4v) is 3.43. The molecule has 29 heavy (non-hydrogen) atoms. The highest BCUT2D eigenvalue weighted by Gasteiger charge is 2.20. The first-order valence-electron chi connectivity index (χ1n) is 9.27. The van der Waals surface area contributed by atoms with Crippen LogP contribution in [0.25, 0.3) is 0 Å². The average Bonchev–Trinajstić information content (AvgIpc) is 3.08. The van der Waals surface area contributed by atoms with Crippen molar-refractivity contribution in [1.29, 1.82) is 0 Å². The Balaban J connectivity index is 0.00000420. The number of para-hydroxylation sites is 1. The molecule has 1 aromatic heterocycles. The van der Waals surface area contributed by atoms with Crippen LogP contribution in [0.5, 0.6) is 5.75 Å². The van der Waals surface area contributed by atoms with E-state index in [2.05, 4.69) is 20.6 Å². The van der Waals surface area contributed by atoms with Gasteiger partial charge in [-0.05, 0) is 39.8 Å². The van der Waals surface area contributed by atoms with E-state index < -0.39 is 0 Å². The summed E-state index contributed by atoms with van der Waals surface area (Å²) in [6.45, 7) is 8.51. The number of rotatable bonds is 8. The molecule has 0 fully saturated rings. The highest BCUT2D eigenvalue weighted by Crippen LogP contribution is 2.24. The van der Waals surface area contributed by atoms with Crippen LogP contribution in [0.4, 0.5) is 0 Å². The van der Waals surface area contributed by atoms with Gasteiger partial charge in [0.1, 0.15) is 21.7 Å². The Kier molecular flexibility index (Phi) is 11.0. The number of guanidine groups is 1. The number of aliphatic imine (C=N–C) groups is 1. The van der Waals surface area contributed by atoms with Gasteiger partial charge in [-0.15, -0.1) is 35.3 Å². The van der Waals surface area contributed by atoms with E-state index in [9.17, 15) is 4.79 Å². The molecule has 1 aromatic carbocycles. The SMILES string of the molecule is CCOC(=O)c1sc(C(C)NC(=NC)NCC(C)Oc2ccccc2)nc1C.I. The van der Waals surface area contributed by atoms with Crippen LogP contribution in [-0.4, -0.2) is 43.2 Å². The number of aromatic nitrogens is 1. The summed E-state index contributed by atoms with van der Waals surface area (Å²) >= 11 is 1.34. The molecule has 0 aliphatic rings. The van der Waals surface area contributed by atoms with E-state index in [1.807, 2.05) is 51.1 Å². The largest absolute Gasteiger partial charge is 0.489 e. The molecule has 0 saturated carbocycles. The molecule has 2 aromatic rings. The molecule has 0 bridgehead atoms. The molecular weight excluding hydrogens is 503 g/mol. The third kappa shape index (κ3) is 7.81. The fourth-order valence-electron chi connectivity index (χ4n) is 2.46. The van der Waals surface area contributed by atoms with Crippen LogP contribution in [0, 0.1) is 6.92 Å². The van der Waals surface area contributed by atoms with Crippen molar-refractivity contribution in [3.05, 3.63) is 45.9 Å². The molecule has 0 aliphatic carbocycles. The first-order valence-corrected chi connectivity index (χ1v) is 10.1. The first kappa shape index (κ1) is 25.2. The molecule has 2 N–H and O–H groups in total. The Morgan fingerprint density at radius 3 is 2.59 bits per heavy atom. The molecule has 9 heteroatoms. The van der Waals surface area contributed by atoms with Crippen LogP contribution in [0.3, 0.4) is 0 Å². The van der Waals surface area contributed by atoms with Crippen LogP contribution < -0.4 is 15.4 Å². The predicted molar refractivity (Wildman–Crippen MR) is 128 cm³/mol. The number of halogens is 1. The molecule has 2 rings (SSSR count). The lowest BCUT2D eigenvalue weighted by Crippen LogP contribution is -2.42. The summed E-state index contributed by atoms with van der Waals surface area (Å²) in [5.74, 6) is 1.14. The van der Waals surface area contributed by atoms with E-state index >= 15 is 0 Å². The molecule has 0 radical (unpaired) electrons. The number of hydrogen-bond acceptors (Lipinski definition) is 6. The van der Waals surface area contributed by atoms with E-state index in [4.69, 9.17) is 9.47 Å². The van der Waals surface area contributed by atoms with Crippen molar-refractivity contribution in [2.45, 2.75) is 39.8 Å². The van der Waals surface area contributed by atoms with Crippen molar-refractivity contribution in [3.63, 3.8) is 0 Å². The lowest BCUT2D eigenvalue weighted by molar-refractivity contribution is 0.0531. The second-order valence-electron chi connectivity index (χ2n) is 6.25. The number of nitrogens with one attached hydrogen (secondary N) is 2. The highest BCUT2D eigenvalue weighted by molar-refractivity contribution is 14.0. The summed E-state index contributed by atoms with van der Waals surface area (Å²) in [5, 5.41) is 7.35. The molecular formula is C20H29IN4O3S. The van der Waals surface area contributed by atoms with Gasteiger partial charge in [0.05, 0.1) is 24.9 Å². The van der Waals surface area contributed by atoms with Crippen LogP contribution in [0.15, 0.2) is 35.3 Å². The number of aryl methyl sites for hydroxylation is 1. The summed E-state index contributed by atoms with van der Waals surface area (Å²) < 4.78 is 10.9. The van der Waals surface area contributed by atoms with Gasteiger partial charge >= 0.3 is 5.97 Å². The normalized spacial score (nSPS) is 13.1. The van der Waals surface area contributed by atoms with Crippen LogP contribution in [0.1, 0.15) is 47.2 Å². The van der Waals surface area contributed by atoms with E-state index in [1.54, 1.807) is 14.0 Å². The van der Waals surface area contributed by atoms with Crippen molar-refractivity contribution in [2.24, 2.45) is 4.99 Å². The van der Waals surface area contributed by atoms with Gasteiger partial charge in [0.25, 0.3) is 0 Å². The minimum atomic E-state index is -0.328. The zero-order chi connectivity index (χ0) is 20.5. The number of carbonyl (C=O) groups excluding carboxylic acids is 1. The highest BCUT2D eigenvalue weighted by atomic mass is 127. The Hall–Kier alpha value is -1.88. The number of ether oxygens (including phenoxy) is 2. The molecule has 2 atom stereocenters. The topological polar surface area (TPSA) is 84.8 Å². The van der Waals surface area contributed by atoms with Crippen molar-refractivity contribution in [3.8, 4) is 5.75 Å². The zero-order valence-corrected chi connectivity index (χ0v) is 20.5. The van der Waals surface area contributed by atoms with Gasteiger partial charge in [-0.25, -0.2) is 9.78 Å². The molecule has 0 spiro atoms. The van der Waals surface area contributed by atoms with Crippen molar-refractivity contribution < 1.29 is 14.3 Å². The maximum atomic E-state index is 12.0. The number of benzene rings is 1. The second-order valence-corrected chi connectivity index (χ2v) is 7.28. The van der Waals surface area contributed by atoms with Crippen molar-refractivity contribution in [1.82, 2.24) is 15.6 Å². The van der Waals surface area contributed by atoms with Crippen molar-refractivity contribution in [2.75, 3.05) is 20.2 Å². The molecule has 1 heterocycles. The van der Waals surface area contributed by atoms with Gasteiger partial charge in [0, 0.05) is 7.05 Å². The third-order valence-electron chi connectivity index (χ3n) is 3.86. The van der Waals surface area contributed by atoms with Crippen LogP contribution in [-0.2, 0) is 4.74 Å². The van der Waals surface area contributed by atoms with E-state index in [0.29, 0.717) is 29.7 Å². The molecule has 0 saturated heterocycles. The van der Waals surface area contributed by atoms with E-state index in [1.165, 1.54) is 11.3 Å². The number of esters is 1. The smallest absolute Gasteiger partial charge is 0.350 e. The van der Waals surface area contributed by atoms with Gasteiger partial charge in [-0.1, -0.05) is 18.2 Å². The van der Waals surface area contributed by atoms with Gasteiger partial charge < -0.3 is 20.1 Å². The molecule has 7 nitrogen and oxygen atoms in total. The summed E-state index contributed by atoms with van der Waals surface area (Å²) in [4.78, 5) is 21.3. The average molecular weight is 532 g/mol. The van der Waals surface area contributed by atoms with Gasteiger partial charge in [0.15, 0.2) is 5.96 Å². The second kappa shape index (κ2) is 12.6. The number of nitrogens with zero attached hydrogens (tertiary/aromatic N) is 2. The lowest BCUT2D eigenvalue weighted by atomic mass is 10.3. The standard InChI is InChI=1S/C20H28N4O3S.HI/c1-6-26-19(25)17-14(3)23-18(28-17)15(4)24-20(21-5)22-12-13(2)27-16-10-8-7-9-11-16;/h7-11,13,15H,6,12H2,1-5H3,(H2,21,22,24);1H. The molecule has 160 valence electrons. The lowest BCUT2D eigenvalue weighted by Gasteiger charge is -2.19. The minimum absolute atomic E-state index is 0. The molecule has 0 aliphatic heterocycles. The Morgan fingerprint density at radius 1 is 1.28 bits per heavy atom. The molecule has 2 unspecified atom stereocenters. The Bertz CT molecular complexity index is 798. The minimum Gasteiger partial charge on any atom is -0.489 e. The summed E-state index contributed by atoms with van der Waals surface area (Å²) in [5.41, 5.74) is 0.680. The number of hydrogen-bond donors (Lipinski definition) is 2. The maximum Gasteiger partial charge on any atom is 0.350 e. The van der Waals surface area contributed by atoms with E-state index in [-0.39, 0.29) is 42.1 Å². The summed E-state index contributed by atoms with van der Waals surface area (Å²) in [6, 6.07) is 9.59. The van der Waals surface area contributed by atoms with Gasteiger partial charge in [0.2, 0.25) is 0 Å². The first-order chi connectivity index (χ1) is 13.4. The van der Waals surface area contributed by atoms with E-state index in [0.717, 1.165) is 10.8 Å². The summed E-state index contributed by atoms with van der Waals surface area (Å²) in [7, 11) is 1.71. The predicted octanol–water partition coefficient (Wildman–Crippen LogP) is 3.94.